The first-order valence-electron chi connectivity index (χ1n) is 9.68. The number of fused-ring (bicyclic) bond motifs is 2. The van der Waals surface area contributed by atoms with Crippen LogP contribution < -0.4 is 44.1 Å². The number of carboxylic acid groups (broad SMARTS) is 1. The van der Waals surface area contributed by atoms with Crippen LogP contribution in [0.25, 0.3) is 0 Å². The summed E-state index contributed by atoms with van der Waals surface area (Å²) in [6.45, 7) is 0.614. The Kier molecular flexibility index (Phi) is 9.99. The fourth-order valence-corrected chi connectivity index (χ4v) is 5.88. The second-order valence-corrected chi connectivity index (χ2v) is 9.97. The van der Waals surface area contributed by atoms with Crippen LogP contribution >= 0.6 is 11.8 Å². The first-order valence-corrected chi connectivity index (χ1v) is 12.2. The number of carbonyl (C=O) groups is 1. The number of ether oxygens (including phenoxy) is 1. The molecule has 7 nitrogen and oxygen atoms in total. The smallest absolute Gasteiger partial charge is 0.545 e. The van der Waals surface area contributed by atoms with Crippen LogP contribution in [0.5, 0.6) is 5.75 Å². The van der Waals surface area contributed by atoms with E-state index in [1.54, 1.807) is 42.5 Å². The minimum atomic E-state index is -3.58. The van der Waals surface area contributed by atoms with Crippen LogP contribution in [0, 0.1) is 0 Å². The molecule has 1 heterocycles. The van der Waals surface area contributed by atoms with E-state index in [1.807, 2.05) is 24.3 Å². The van der Waals surface area contributed by atoms with Gasteiger partial charge in [-0.25, -0.2) is 13.1 Å². The summed E-state index contributed by atoms with van der Waals surface area (Å²) in [6.07, 6.45) is 0. The van der Waals surface area contributed by atoms with Crippen molar-refractivity contribution < 1.29 is 58.1 Å². The zero-order chi connectivity index (χ0) is 21.8. The summed E-state index contributed by atoms with van der Waals surface area (Å²) in [7, 11) is -3.58. The summed E-state index contributed by atoms with van der Waals surface area (Å²) in [6, 6.07) is 20.7. The average Bonchev–Trinajstić information content (AvgIpc) is 2.94. The van der Waals surface area contributed by atoms with Crippen molar-refractivity contribution in [1.29, 1.82) is 0 Å². The summed E-state index contributed by atoms with van der Waals surface area (Å²) in [5.41, 5.74) is 2.85. The van der Waals surface area contributed by atoms with Gasteiger partial charge in [-0.15, -0.1) is 11.8 Å². The maximum Gasteiger partial charge on any atom is 1.00 e. The predicted molar refractivity (Wildman–Crippen MR) is 121 cm³/mol. The van der Waals surface area contributed by atoms with Gasteiger partial charge in [-0.3, -0.25) is 0 Å². The quantitative estimate of drug-likeness (QED) is 0.328. The van der Waals surface area contributed by atoms with Crippen molar-refractivity contribution in [2.24, 2.45) is 0 Å². The molecule has 1 atom stereocenters. The molecule has 3 aromatic carbocycles. The van der Waals surface area contributed by atoms with E-state index in [0.717, 1.165) is 16.7 Å². The molecule has 1 unspecified atom stereocenters. The van der Waals surface area contributed by atoms with Crippen molar-refractivity contribution in [3.05, 3.63) is 95.1 Å². The normalized spacial score (nSPS) is 14.4. The van der Waals surface area contributed by atoms with E-state index in [4.69, 9.17) is 4.74 Å². The largest absolute Gasteiger partial charge is 1.00 e. The van der Waals surface area contributed by atoms with Gasteiger partial charge in [-0.05, 0) is 47.0 Å². The molecule has 0 aliphatic carbocycles. The Labute approximate surface area is 219 Å². The van der Waals surface area contributed by atoms with Crippen molar-refractivity contribution in [1.82, 2.24) is 4.72 Å². The molecule has 0 aromatic heterocycles. The Morgan fingerprint density at radius 1 is 1.03 bits per heavy atom. The third kappa shape index (κ3) is 6.39. The van der Waals surface area contributed by atoms with Crippen LogP contribution in [0.3, 0.4) is 0 Å². The average molecular weight is 496 g/mol. The van der Waals surface area contributed by atoms with Gasteiger partial charge in [0.2, 0.25) is 10.0 Å². The molecule has 0 amide bonds. The second kappa shape index (κ2) is 12.0. The zero-order valence-corrected chi connectivity index (χ0v) is 21.6. The molecule has 3 N–H and O–H groups in total. The van der Waals surface area contributed by atoms with Gasteiger partial charge < -0.3 is 20.1 Å². The topological polar surface area (TPSA) is 127 Å². The first-order chi connectivity index (χ1) is 15.0. The molecule has 0 saturated carbocycles. The van der Waals surface area contributed by atoms with E-state index in [-0.39, 0.29) is 57.3 Å². The number of benzene rings is 3. The Morgan fingerprint density at radius 3 is 2.45 bits per heavy atom. The van der Waals surface area contributed by atoms with Gasteiger partial charge in [0.1, 0.15) is 12.4 Å². The van der Waals surface area contributed by atoms with Crippen LogP contribution in [0.2, 0.25) is 0 Å². The number of thioether (sulfide) groups is 1. The van der Waals surface area contributed by atoms with E-state index in [9.17, 15) is 18.3 Å². The Bertz CT molecular complexity index is 1200. The molecule has 1 aliphatic rings. The standard InChI is InChI=1S/C23H21NO5S2.Na.H2O/c25-23(26)16-10-11-21-20(14-16)22(19-9-5-4-6-17(19)15-29-21)30-13-12-24-31(27,28)18-7-2-1-3-8-18;;/h1-11,14,22,24H,12-13,15H2,(H,25,26);;1H2/q;+1;/p-1. The van der Waals surface area contributed by atoms with Crippen molar-refractivity contribution >= 4 is 27.8 Å². The summed E-state index contributed by atoms with van der Waals surface area (Å²) in [4.78, 5) is 11.6. The van der Waals surface area contributed by atoms with Crippen molar-refractivity contribution in [2.75, 3.05) is 12.3 Å². The summed E-state index contributed by atoms with van der Waals surface area (Å²) in [5.74, 6) is -0.150. The first kappa shape index (κ1) is 27.4. The number of hydrogen-bond acceptors (Lipinski definition) is 6. The summed E-state index contributed by atoms with van der Waals surface area (Å²) in [5, 5.41) is 11.2. The van der Waals surface area contributed by atoms with Gasteiger partial charge in [-0.1, -0.05) is 42.5 Å². The number of rotatable bonds is 7. The molecular weight excluding hydrogens is 473 g/mol. The molecule has 0 saturated heterocycles. The van der Waals surface area contributed by atoms with Crippen molar-refractivity contribution in [3.63, 3.8) is 0 Å². The molecule has 33 heavy (non-hydrogen) atoms. The van der Waals surface area contributed by atoms with E-state index in [1.165, 1.54) is 17.8 Å². The summed E-state index contributed by atoms with van der Waals surface area (Å²) < 4.78 is 33.4. The molecule has 0 fully saturated rings. The Morgan fingerprint density at radius 2 is 1.73 bits per heavy atom. The SMILES string of the molecule is O.O=C([O-])c1ccc2c(c1)C(SCCNS(=O)(=O)c1ccccc1)c1ccccc1CO2.[Na+]. The molecule has 168 valence electrons. The van der Waals surface area contributed by atoms with Crippen molar-refractivity contribution in [3.8, 4) is 5.75 Å². The van der Waals surface area contributed by atoms with Gasteiger partial charge >= 0.3 is 29.6 Å². The molecular formula is C23H22NNaO6S2. The third-order valence-corrected chi connectivity index (χ3v) is 7.74. The van der Waals surface area contributed by atoms with E-state index in [0.29, 0.717) is 18.1 Å². The second-order valence-electron chi connectivity index (χ2n) is 6.99. The maximum absolute atomic E-state index is 12.4. The number of hydrogen-bond donors (Lipinski definition) is 1. The van der Waals surface area contributed by atoms with Crippen LogP contribution in [0.4, 0.5) is 0 Å². The minimum Gasteiger partial charge on any atom is -0.545 e. The van der Waals surface area contributed by atoms with E-state index < -0.39 is 16.0 Å². The van der Waals surface area contributed by atoms with E-state index >= 15 is 0 Å². The van der Waals surface area contributed by atoms with Gasteiger partial charge in [0.05, 0.1) is 16.1 Å². The predicted octanol–water partition coefficient (Wildman–Crippen LogP) is -1.08. The molecule has 4 rings (SSSR count). The Hall–Kier alpha value is -1.85. The van der Waals surface area contributed by atoms with Gasteiger partial charge in [0, 0.05) is 17.9 Å². The number of sulfonamides is 1. The summed E-state index contributed by atoms with van der Waals surface area (Å²) >= 11 is 1.53. The maximum atomic E-state index is 12.4. The molecule has 0 bridgehead atoms. The van der Waals surface area contributed by atoms with Crippen LogP contribution in [0.15, 0.2) is 77.7 Å². The molecule has 0 radical (unpaired) electrons. The molecule has 0 spiro atoms. The van der Waals surface area contributed by atoms with Gasteiger partial charge in [0.15, 0.2) is 0 Å². The number of carbonyl (C=O) groups excluding carboxylic acids is 1. The van der Waals surface area contributed by atoms with Crippen LogP contribution in [-0.4, -0.2) is 32.2 Å². The van der Waals surface area contributed by atoms with Gasteiger partial charge in [-0.2, -0.15) is 0 Å². The molecule has 3 aromatic rings. The van der Waals surface area contributed by atoms with Crippen molar-refractivity contribution in [2.45, 2.75) is 16.8 Å². The number of nitrogens with one attached hydrogen (secondary N) is 1. The van der Waals surface area contributed by atoms with E-state index in [2.05, 4.69) is 4.72 Å². The zero-order valence-electron chi connectivity index (χ0n) is 18.0. The minimum absolute atomic E-state index is 0. The number of aromatic carboxylic acids is 1. The van der Waals surface area contributed by atoms with Crippen LogP contribution in [0.1, 0.15) is 32.3 Å². The van der Waals surface area contributed by atoms with Crippen LogP contribution in [-0.2, 0) is 16.6 Å². The Balaban J connectivity index is 0.00000193. The monoisotopic (exact) mass is 495 g/mol. The number of carboxylic acids is 1. The van der Waals surface area contributed by atoms with Gasteiger partial charge in [0.25, 0.3) is 0 Å². The third-order valence-electron chi connectivity index (χ3n) is 4.98. The fraction of sp³-hybridized carbons (Fsp3) is 0.174. The molecule has 10 heteroatoms. The fourth-order valence-electron chi connectivity index (χ4n) is 3.47. The molecule has 1 aliphatic heterocycles.